The first-order chi connectivity index (χ1) is 16.5. The molecule has 0 aliphatic carbocycles. The number of benzene rings is 1. The van der Waals surface area contributed by atoms with Crippen LogP contribution in [0.4, 0.5) is 0 Å². The Morgan fingerprint density at radius 3 is 1.14 bits per heavy atom. The van der Waals surface area contributed by atoms with Crippen LogP contribution in [0.1, 0.15) is 108 Å². The molecule has 216 valence electrons. The molecule has 0 saturated carbocycles. The topological polar surface area (TPSA) is 91.3 Å². The summed E-state index contributed by atoms with van der Waals surface area (Å²) >= 11 is 1.10. The van der Waals surface area contributed by atoms with Gasteiger partial charge in [-0.3, -0.25) is 9.13 Å². The van der Waals surface area contributed by atoms with Crippen molar-refractivity contribution in [1.82, 2.24) is 0 Å². The molecular formula is C27H50O7P2S. The minimum absolute atomic E-state index is 0.223. The Balaban J connectivity index is 4.00. The highest BCUT2D eigenvalue weighted by atomic mass is 32.2. The van der Waals surface area contributed by atoms with E-state index in [0.29, 0.717) is 4.90 Å². The van der Waals surface area contributed by atoms with Gasteiger partial charge in [-0.15, -0.1) is 0 Å². The van der Waals surface area contributed by atoms with Crippen molar-refractivity contribution in [3.63, 3.8) is 0 Å². The molecule has 37 heavy (non-hydrogen) atoms. The summed E-state index contributed by atoms with van der Waals surface area (Å²) in [5.74, 6) is 0.223. The van der Waals surface area contributed by atoms with E-state index in [4.69, 9.17) is 18.1 Å². The summed E-state index contributed by atoms with van der Waals surface area (Å²) in [7, 11) is -8.15. The van der Waals surface area contributed by atoms with Crippen LogP contribution in [0.15, 0.2) is 17.0 Å². The molecule has 1 aromatic rings. The lowest BCUT2D eigenvalue weighted by atomic mass is 9.79. The predicted molar refractivity (Wildman–Crippen MR) is 155 cm³/mol. The number of rotatable bonds is 12. The van der Waals surface area contributed by atoms with Crippen LogP contribution in [-0.4, -0.2) is 34.3 Å². The summed E-state index contributed by atoms with van der Waals surface area (Å²) < 4.78 is 51.5. The van der Waals surface area contributed by atoms with Gasteiger partial charge in [0.05, 0.1) is 24.4 Å². The number of phenols is 1. The Bertz CT molecular complexity index is 890. The molecule has 0 aliphatic heterocycles. The number of aromatic hydroxyl groups is 1. The molecule has 0 aliphatic rings. The molecule has 0 atom stereocenters. The van der Waals surface area contributed by atoms with E-state index in [2.05, 4.69) is 0 Å². The third kappa shape index (κ3) is 9.98. The fraction of sp³-hybridized carbons (Fsp3) is 0.778. The quantitative estimate of drug-likeness (QED) is 0.193. The maximum atomic E-state index is 14.5. The van der Waals surface area contributed by atoms with E-state index >= 15 is 0 Å². The van der Waals surface area contributed by atoms with Gasteiger partial charge in [-0.1, -0.05) is 53.3 Å². The van der Waals surface area contributed by atoms with Gasteiger partial charge in [0.1, 0.15) is 5.75 Å². The second-order valence-electron chi connectivity index (χ2n) is 12.5. The van der Waals surface area contributed by atoms with Crippen LogP contribution >= 0.6 is 27.0 Å². The van der Waals surface area contributed by atoms with E-state index in [1.165, 1.54) is 0 Å². The van der Waals surface area contributed by atoms with E-state index in [1.807, 2.05) is 53.7 Å². The molecule has 0 spiro atoms. The molecular weight excluding hydrogens is 530 g/mol. The van der Waals surface area contributed by atoms with Crippen molar-refractivity contribution in [3.05, 3.63) is 23.3 Å². The van der Waals surface area contributed by atoms with Crippen molar-refractivity contribution in [1.29, 1.82) is 0 Å². The van der Waals surface area contributed by atoms with Crippen LogP contribution in [-0.2, 0) is 38.1 Å². The van der Waals surface area contributed by atoms with Gasteiger partial charge in [0.15, 0.2) is 0 Å². The zero-order valence-corrected chi connectivity index (χ0v) is 27.8. The third-order valence-electron chi connectivity index (χ3n) is 4.91. The average Bonchev–Trinajstić information content (AvgIpc) is 2.61. The Hall–Kier alpha value is -0.330. The summed E-state index contributed by atoms with van der Waals surface area (Å²) in [6.45, 7) is 26.1. The summed E-state index contributed by atoms with van der Waals surface area (Å²) in [6.07, 6.45) is -1.85. The number of thioether (sulfide) groups is 1. The van der Waals surface area contributed by atoms with Crippen LogP contribution in [0.3, 0.4) is 0 Å². The van der Waals surface area contributed by atoms with Crippen molar-refractivity contribution in [2.75, 3.05) is 0 Å². The van der Waals surface area contributed by atoms with Gasteiger partial charge >= 0.3 is 15.2 Å². The molecule has 0 amide bonds. The highest BCUT2D eigenvalue weighted by Gasteiger charge is 2.54. The Kier molecular flexibility index (Phi) is 12.1. The van der Waals surface area contributed by atoms with E-state index in [-0.39, 0.29) is 16.6 Å². The smallest absolute Gasteiger partial charge is 0.356 e. The van der Waals surface area contributed by atoms with Crippen molar-refractivity contribution in [2.45, 2.75) is 142 Å². The van der Waals surface area contributed by atoms with Crippen LogP contribution < -0.4 is 0 Å². The van der Waals surface area contributed by atoms with Gasteiger partial charge in [-0.2, -0.15) is 0 Å². The van der Waals surface area contributed by atoms with Gasteiger partial charge in [-0.05, 0) is 78.4 Å². The minimum Gasteiger partial charge on any atom is -0.507 e. The molecule has 1 rings (SSSR count). The lowest BCUT2D eigenvalue weighted by Crippen LogP contribution is -2.22. The predicted octanol–water partition coefficient (Wildman–Crippen LogP) is 9.45. The first-order valence-electron chi connectivity index (χ1n) is 13.0. The Labute approximate surface area is 229 Å². The average molecular weight is 581 g/mol. The molecule has 0 heterocycles. The zero-order valence-electron chi connectivity index (χ0n) is 25.2. The van der Waals surface area contributed by atoms with E-state index < -0.39 is 44.3 Å². The van der Waals surface area contributed by atoms with Crippen LogP contribution in [0, 0.1) is 0 Å². The summed E-state index contributed by atoms with van der Waals surface area (Å²) in [5.41, 5.74) is 0.703. The van der Waals surface area contributed by atoms with Gasteiger partial charge in [0, 0.05) is 16.0 Å². The Morgan fingerprint density at radius 2 is 0.919 bits per heavy atom. The van der Waals surface area contributed by atoms with Crippen LogP contribution in [0.5, 0.6) is 5.75 Å². The normalized spacial score (nSPS) is 14.1. The maximum Gasteiger partial charge on any atom is 0.356 e. The van der Waals surface area contributed by atoms with E-state index in [1.54, 1.807) is 55.4 Å². The van der Waals surface area contributed by atoms with Crippen LogP contribution in [0.25, 0.3) is 0 Å². The van der Waals surface area contributed by atoms with Gasteiger partial charge in [0.25, 0.3) is 0 Å². The standard InChI is InChI=1S/C27H50O7P2S/c1-17(2)31-35(29,32-18(3)4)25(36(30,33-19(5)6)34-20(7)8)37-21-15-22(26(9,10)11)24(28)23(16-21)27(12,13)14/h15-20,25,28H,1-14H3. The van der Waals surface area contributed by atoms with Gasteiger partial charge < -0.3 is 23.2 Å². The molecule has 0 fully saturated rings. The first-order valence-corrected chi connectivity index (χ1v) is 17.1. The molecule has 7 nitrogen and oxygen atoms in total. The van der Waals surface area contributed by atoms with Crippen molar-refractivity contribution < 1.29 is 32.3 Å². The monoisotopic (exact) mass is 580 g/mol. The summed E-state index contributed by atoms with van der Waals surface area (Å²) in [5, 5.41) is 11.2. The number of hydrogen-bond donors (Lipinski definition) is 1. The summed E-state index contributed by atoms with van der Waals surface area (Å²) in [4.78, 5) is 0.664. The zero-order chi connectivity index (χ0) is 29.1. The minimum atomic E-state index is -4.08. The fourth-order valence-corrected chi connectivity index (χ4v) is 11.6. The lowest BCUT2D eigenvalue weighted by molar-refractivity contribution is 0.129. The Morgan fingerprint density at radius 1 is 0.649 bits per heavy atom. The number of phenolic OH excluding ortho intramolecular Hbond substituents is 1. The summed E-state index contributed by atoms with van der Waals surface area (Å²) in [6, 6.07) is 3.71. The molecule has 1 N–H and O–H groups in total. The molecule has 1 aromatic carbocycles. The van der Waals surface area contributed by atoms with Crippen molar-refractivity contribution in [2.24, 2.45) is 0 Å². The fourth-order valence-electron chi connectivity index (χ4n) is 3.68. The first kappa shape index (κ1) is 34.7. The second kappa shape index (κ2) is 12.9. The molecule has 0 saturated heterocycles. The van der Waals surface area contributed by atoms with Crippen LogP contribution in [0.2, 0.25) is 0 Å². The number of hydrogen-bond acceptors (Lipinski definition) is 8. The maximum absolute atomic E-state index is 14.5. The lowest BCUT2D eigenvalue weighted by Gasteiger charge is -2.35. The van der Waals surface area contributed by atoms with E-state index in [0.717, 1.165) is 22.9 Å². The molecule has 0 bridgehead atoms. The largest absolute Gasteiger partial charge is 0.507 e. The third-order valence-corrected chi connectivity index (χ3v) is 13.5. The second-order valence-corrected chi connectivity index (χ2v) is 18.8. The molecule has 0 unspecified atom stereocenters. The molecule has 0 radical (unpaired) electrons. The van der Waals surface area contributed by atoms with Gasteiger partial charge in [0.2, 0.25) is 4.73 Å². The van der Waals surface area contributed by atoms with Gasteiger partial charge in [-0.25, -0.2) is 0 Å². The van der Waals surface area contributed by atoms with E-state index in [9.17, 15) is 14.2 Å². The van der Waals surface area contributed by atoms with Crippen molar-refractivity contribution in [3.8, 4) is 5.75 Å². The molecule has 0 aromatic heterocycles. The SMILES string of the molecule is CC(C)OP(=O)(OC(C)C)C(Sc1cc(C(C)(C)C)c(O)c(C(C)(C)C)c1)P(=O)(OC(C)C)OC(C)C. The molecule has 10 heteroatoms. The highest BCUT2D eigenvalue weighted by Crippen LogP contribution is 2.76. The highest BCUT2D eigenvalue weighted by molar-refractivity contribution is 8.12. The van der Waals surface area contributed by atoms with Crippen molar-refractivity contribution >= 4 is 27.0 Å².